The zero-order valence-corrected chi connectivity index (χ0v) is 14.9. The number of rotatable bonds is 6. The van der Waals surface area contributed by atoms with Gasteiger partial charge in [0.2, 0.25) is 0 Å². The smallest absolute Gasteiger partial charge is 0.0535 e. The van der Waals surface area contributed by atoms with Crippen LogP contribution in [0, 0.1) is 5.41 Å². The van der Waals surface area contributed by atoms with Gasteiger partial charge in [-0.2, -0.15) is 5.10 Å². The van der Waals surface area contributed by atoms with Crippen LogP contribution in [0.3, 0.4) is 0 Å². The Labute approximate surface area is 141 Å². The lowest BCUT2D eigenvalue weighted by Crippen LogP contribution is -2.33. The van der Waals surface area contributed by atoms with Crippen LogP contribution in [0.1, 0.15) is 75.5 Å². The molecule has 0 radical (unpaired) electrons. The van der Waals surface area contributed by atoms with Crippen molar-refractivity contribution in [2.75, 3.05) is 26.8 Å². The van der Waals surface area contributed by atoms with Gasteiger partial charge in [0.25, 0.3) is 0 Å². The van der Waals surface area contributed by atoms with E-state index in [0.717, 1.165) is 19.8 Å². The van der Waals surface area contributed by atoms with Crippen LogP contribution in [0.15, 0.2) is 6.20 Å². The van der Waals surface area contributed by atoms with Crippen molar-refractivity contribution in [3.05, 3.63) is 17.5 Å². The molecule has 23 heavy (non-hydrogen) atoms. The molecule has 1 saturated carbocycles. The monoisotopic (exact) mass is 319 g/mol. The van der Waals surface area contributed by atoms with E-state index in [1.807, 2.05) is 0 Å². The molecule has 1 aliphatic heterocycles. The molecule has 4 heteroatoms. The summed E-state index contributed by atoms with van der Waals surface area (Å²) in [6, 6.07) is 0. The van der Waals surface area contributed by atoms with E-state index in [1.165, 1.54) is 69.2 Å². The maximum absolute atomic E-state index is 5.57. The molecule has 2 aliphatic rings. The van der Waals surface area contributed by atoms with Gasteiger partial charge in [0.15, 0.2) is 0 Å². The van der Waals surface area contributed by atoms with Gasteiger partial charge < -0.3 is 9.64 Å². The van der Waals surface area contributed by atoms with E-state index in [-0.39, 0.29) is 0 Å². The maximum atomic E-state index is 5.57. The number of hydrogen-bond acceptors (Lipinski definition) is 3. The molecule has 1 N–H and O–H groups in total. The van der Waals surface area contributed by atoms with Gasteiger partial charge in [0.05, 0.1) is 6.20 Å². The van der Waals surface area contributed by atoms with Crippen molar-refractivity contribution in [2.45, 2.75) is 70.8 Å². The molecule has 1 saturated heterocycles. The first-order valence-corrected chi connectivity index (χ1v) is 9.51. The first-order valence-electron chi connectivity index (χ1n) is 9.51. The summed E-state index contributed by atoms with van der Waals surface area (Å²) in [6.07, 6.45) is 12.5. The minimum atomic E-state index is 0.590. The average Bonchev–Trinajstić information content (AvgIpc) is 3.02. The first-order chi connectivity index (χ1) is 11.2. The van der Waals surface area contributed by atoms with Gasteiger partial charge in [-0.15, -0.1) is 0 Å². The van der Waals surface area contributed by atoms with Crippen LogP contribution in [0.4, 0.5) is 0 Å². The van der Waals surface area contributed by atoms with Gasteiger partial charge >= 0.3 is 0 Å². The van der Waals surface area contributed by atoms with Crippen molar-refractivity contribution in [1.82, 2.24) is 15.1 Å². The molecule has 0 unspecified atom stereocenters. The number of nitrogens with one attached hydrogen (secondary N) is 1. The number of aromatic amines is 1. The highest BCUT2D eigenvalue weighted by Crippen LogP contribution is 2.48. The average molecular weight is 319 g/mol. The Balaban J connectivity index is 1.57. The van der Waals surface area contributed by atoms with Gasteiger partial charge in [-0.1, -0.05) is 13.3 Å². The highest BCUT2D eigenvalue weighted by Gasteiger charge is 2.37. The van der Waals surface area contributed by atoms with E-state index in [2.05, 4.69) is 35.3 Å². The van der Waals surface area contributed by atoms with E-state index in [1.54, 1.807) is 0 Å². The zero-order chi connectivity index (χ0) is 16.1. The molecule has 0 atom stereocenters. The van der Waals surface area contributed by atoms with Crippen molar-refractivity contribution >= 4 is 0 Å². The molecule has 2 heterocycles. The molecule has 1 spiro atoms. The minimum Gasteiger partial charge on any atom is -0.381 e. The third kappa shape index (κ3) is 4.16. The third-order valence-electron chi connectivity index (χ3n) is 6.09. The molecule has 4 nitrogen and oxygen atoms in total. The molecular formula is C19H33N3O. The molecule has 1 aromatic heterocycles. The second-order valence-corrected chi connectivity index (χ2v) is 7.79. The quantitative estimate of drug-likeness (QED) is 0.858. The molecule has 0 amide bonds. The van der Waals surface area contributed by atoms with Gasteiger partial charge in [-0.3, -0.25) is 5.10 Å². The Morgan fingerprint density at radius 1 is 1.26 bits per heavy atom. The zero-order valence-electron chi connectivity index (χ0n) is 14.9. The highest BCUT2D eigenvalue weighted by atomic mass is 16.5. The summed E-state index contributed by atoms with van der Waals surface area (Å²) in [4.78, 5) is 2.43. The number of unbranched alkanes of at least 4 members (excludes halogenated alkanes) is 1. The van der Waals surface area contributed by atoms with Crippen LogP contribution < -0.4 is 0 Å². The van der Waals surface area contributed by atoms with E-state index >= 15 is 0 Å². The fourth-order valence-corrected chi connectivity index (χ4v) is 4.42. The Hall–Kier alpha value is -0.870. The molecule has 1 aliphatic carbocycles. The molecular weight excluding hydrogens is 286 g/mol. The Kier molecular flexibility index (Phi) is 5.76. The fourth-order valence-electron chi connectivity index (χ4n) is 4.42. The van der Waals surface area contributed by atoms with E-state index in [4.69, 9.17) is 4.74 Å². The number of ether oxygens (including phenoxy) is 1. The second kappa shape index (κ2) is 7.80. The lowest BCUT2D eigenvalue weighted by atomic mass is 9.65. The van der Waals surface area contributed by atoms with Gasteiger partial charge in [0.1, 0.15) is 0 Å². The number of nitrogens with zero attached hydrogens (tertiary/aromatic N) is 2. The van der Waals surface area contributed by atoms with Crippen LogP contribution in [0.25, 0.3) is 0 Å². The lowest BCUT2D eigenvalue weighted by Gasteiger charge is -2.42. The van der Waals surface area contributed by atoms with E-state index in [9.17, 15) is 0 Å². The topological polar surface area (TPSA) is 41.2 Å². The van der Waals surface area contributed by atoms with E-state index in [0.29, 0.717) is 11.3 Å². The van der Waals surface area contributed by atoms with Crippen molar-refractivity contribution in [1.29, 1.82) is 0 Å². The van der Waals surface area contributed by atoms with Crippen LogP contribution in [0.2, 0.25) is 0 Å². The largest absolute Gasteiger partial charge is 0.381 e. The molecule has 2 fully saturated rings. The van der Waals surface area contributed by atoms with Crippen molar-refractivity contribution < 1.29 is 4.74 Å². The summed E-state index contributed by atoms with van der Waals surface area (Å²) >= 11 is 0. The van der Waals surface area contributed by atoms with Crippen molar-refractivity contribution in [3.63, 3.8) is 0 Å². The van der Waals surface area contributed by atoms with Crippen LogP contribution >= 0.6 is 0 Å². The molecule has 0 bridgehead atoms. The normalized spacial score (nSPS) is 22.0. The summed E-state index contributed by atoms with van der Waals surface area (Å²) in [6.45, 7) is 6.41. The lowest BCUT2D eigenvalue weighted by molar-refractivity contribution is -0.00788. The fraction of sp³-hybridized carbons (Fsp3) is 0.842. The SMILES string of the molecule is CCCCN(C)Cc1cn[nH]c1C1CCC2(CCOCC2)CC1. The Bertz CT molecular complexity index is 469. The molecule has 130 valence electrons. The van der Waals surface area contributed by atoms with Crippen molar-refractivity contribution in [3.8, 4) is 0 Å². The summed E-state index contributed by atoms with van der Waals surface area (Å²) in [5, 5.41) is 7.69. The molecule has 1 aromatic rings. The maximum Gasteiger partial charge on any atom is 0.0535 e. The Morgan fingerprint density at radius 3 is 2.70 bits per heavy atom. The predicted molar refractivity (Wildman–Crippen MR) is 93.5 cm³/mol. The van der Waals surface area contributed by atoms with Gasteiger partial charge in [0, 0.05) is 36.9 Å². The summed E-state index contributed by atoms with van der Waals surface area (Å²) in [5.41, 5.74) is 3.42. The van der Waals surface area contributed by atoms with Gasteiger partial charge in [-0.25, -0.2) is 0 Å². The molecule has 3 rings (SSSR count). The summed E-state index contributed by atoms with van der Waals surface area (Å²) in [7, 11) is 2.23. The number of aromatic nitrogens is 2. The van der Waals surface area contributed by atoms with Crippen LogP contribution in [0.5, 0.6) is 0 Å². The number of hydrogen-bond donors (Lipinski definition) is 1. The standard InChI is InChI=1S/C19H33N3O/c1-3-4-11-22(2)15-17-14-20-21-18(17)16-5-7-19(8-6-16)9-12-23-13-10-19/h14,16H,3-13,15H2,1-2H3,(H,20,21). The van der Waals surface area contributed by atoms with Crippen LogP contribution in [-0.2, 0) is 11.3 Å². The summed E-state index contributed by atoms with van der Waals surface area (Å²) < 4.78 is 5.57. The van der Waals surface area contributed by atoms with Crippen molar-refractivity contribution in [2.24, 2.45) is 5.41 Å². The first kappa shape index (κ1) is 17.0. The van der Waals surface area contributed by atoms with Crippen LogP contribution in [-0.4, -0.2) is 41.9 Å². The predicted octanol–water partition coefficient (Wildman–Crippen LogP) is 4.10. The highest BCUT2D eigenvalue weighted by molar-refractivity contribution is 5.21. The third-order valence-corrected chi connectivity index (χ3v) is 6.09. The summed E-state index contributed by atoms with van der Waals surface area (Å²) in [5.74, 6) is 0.681. The minimum absolute atomic E-state index is 0.590. The van der Waals surface area contributed by atoms with E-state index < -0.39 is 0 Å². The second-order valence-electron chi connectivity index (χ2n) is 7.79. The number of H-pyrrole nitrogens is 1. The Morgan fingerprint density at radius 2 is 2.00 bits per heavy atom. The molecule has 0 aromatic carbocycles. The van der Waals surface area contributed by atoms with Gasteiger partial charge in [-0.05, 0) is 64.0 Å².